The first-order chi connectivity index (χ1) is 9.58. The lowest BCUT2D eigenvalue weighted by Crippen LogP contribution is -2.07. The lowest BCUT2D eigenvalue weighted by Gasteiger charge is -2.09. The van der Waals surface area contributed by atoms with Crippen LogP contribution < -0.4 is 0 Å². The van der Waals surface area contributed by atoms with E-state index in [0.29, 0.717) is 17.9 Å². The summed E-state index contributed by atoms with van der Waals surface area (Å²) < 4.78 is 6.23. The number of nitro groups is 1. The second-order valence-corrected chi connectivity index (χ2v) is 4.02. The second-order valence-electron chi connectivity index (χ2n) is 4.02. The van der Waals surface area contributed by atoms with Crippen molar-refractivity contribution in [2.24, 2.45) is 0 Å². The number of benzene rings is 1. The van der Waals surface area contributed by atoms with Gasteiger partial charge in [0.15, 0.2) is 0 Å². The van der Waals surface area contributed by atoms with Crippen LogP contribution in [0.3, 0.4) is 0 Å². The summed E-state index contributed by atoms with van der Waals surface area (Å²) in [6, 6.07) is 4.10. The zero-order chi connectivity index (χ0) is 14.7. The summed E-state index contributed by atoms with van der Waals surface area (Å²) in [5, 5.41) is 11.1. The Kier molecular flexibility index (Phi) is 3.79. The molecule has 7 nitrogen and oxygen atoms in total. The van der Waals surface area contributed by atoms with E-state index in [1.165, 1.54) is 25.3 Å². The third-order valence-electron chi connectivity index (χ3n) is 2.89. The highest BCUT2D eigenvalue weighted by Gasteiger charge is 2.19. The molecule has 0 N–H and O–H groups in total. The number of esters is 1. The molecule has 0 fully saturated rings. The number of aromatic nitrogens is 2. The summed E-state index contributed by atoms with van der Waals surface area (Å²) in [5.74, 6) is 0.134. The summed E-state index contributed by atoms with van der Waals surface area (Å²) in [6.45, 7) is 1.90. The van der Waals surface area contributed by atoms with Crippen molar-refractivity contribution in [3.63, 3.8) is 0 Å². The monoisotopic (exact) mass is 275 g/mol. The first-order valence-corrected chi connectivity index (χ1v) is 5.97. The molecule has 0 bridgehead atoms. The highest BCUT2D eigenvalue weighted by Crippen LogP contribution is 2.25. The van der Waals surface area contributed by atoms with Gasteiger partial charge in [-0.1, -0.05) is 6.92 Å². The van der Waals surface area contributed by atoms with Crippen LogP contribution in [-0.2, 0) is 11.2 Å². The zero-order valence-corrected chi connectivity index (χ0v) is 11.1. The largest absolute Gasteiger partial charge is 0.465 e. The Morgan fingerprint density at radius 3 is 2.85 bits per heavy atom. The van der Waals surface area contributed by atoms with Gasteiger partial charge in [-0.05, 0) is 12.1 Å². The highest BCUT2D eigenvalue weighted by atomic mass is 16.6. The van der Waals surface area contributed by atoms with Crippen LogP contribution >= 0.6 is 0 Å². The summed E-state index contributed by atoms with van der Waals surface area (Å²) in [4.78, 5) is 26.3. The molecular weight excluding hydrogens is 262 g/mol. The molecule has 0 saturated heterocycles. The number of carbonyl (C=O) groups excluding carboxylic acids is 1. The molecule has 0 aliphatic carbocycles. The molecule has 0 spiro atoms. The van der Waals surface area contributed by atoms with Crippen molar-refractivity contribution in [3.05, 3.63) is 52.1 Å². The smallest absolute Gasteiger partial charge is 0.337 e. The average molecular weight is 275 g/mol. The number of hydrogen-bond donors (Lipinski definition) is 0. The van der Waals surface area contributed by atoms with E-state index in [0.717, 1.165) is 0 Å². The second kappa shape index (κ2) is 5.52. The number of methoxy groups -OCH3 is 1. The Bertz CT molecular complexity index is 663. The number of aryl methyl sites for hydroxylation is 1. The van der Waals surface area contributed by atoms with E-state index in [9.17, 15) is 14.9 Å². The van der Waals surface area contributed by atoms with E-state index in [-0.39, 0.29) is 11.3 Å². The van der Waals surface area contributed by atoms with Crippen LogP contribution in [0.2, 0.25) is 0 Å². The molecule has 1 aromatic carbocycles. The van der Waals surface area contributed by atoms with E-state index in [2.05, 4.69) is 9.72 Å². The summed E-state index contributed by atoms with van der Waals surface area (Å²) in [5.41, 5.74) is 0.460. The molecule has 0 amide bonds. The summed E-state index contributed by atoms with van der Waals surface area (Å²) >= 11 is 0. The van der Waals surface area contributed by atoms with E-state index in [1.807, 2.05) is 6.92 Å². The first kappa shape index (κ1) is 13.7. The first-order valence-electron chi connectivity index (χ1n) is 5.97. The number of nitrogens with zero attached hydrogens (tertiary/aromatic N) is 3. The van der Waals surface area contributed by atoms with Gasteiger partial charge in [0.05, 0.1) is 17.6 Å². The molecule has 1 aromatic heterocycles. The predicted octanol–water partition coefficient (Wildman–Crippen LogP) is 2.13. The number of rotatable bonds is 4. The molecule has 2 rings (SSSR count). The zero-order valence-electron chi connectivity index (χ0n) is 11.1. The molecule has 0 unspecified atom stereocenters. The van der Waals surface area contributed by atoms with E-state index < -0.39 is 10.9 Å². The van der Waals surface area contributed by atoms with Gasteiger partial charge in [0.25, 0.3) is 5.69 Å². The Morgan fingerprint density at radius 1 is 1.50 bits per heavy atom. The van der Waals surface area contributed by atoms with Gasteiger partial charge in [0.1, 0.15) is 11.5 Å². The van der Waals surface area contributed by atoms with Crippen LogP contribution in [0.4, 0.5) is 5.69 Å². The molecule has 1 heterocycles. The maximum atomic E-state index is 11.6. The van der Waals surface area contributed by atoms with E-state index in [1.54, 1.807) is 17.0 Å². The van der Waals surface area contributed by atoms with Gasteiger partial charge >= 0.3 is 5.97 Å². The molecule has 0 radical (unpaired) electrons. The molecule has 104 valence electrons. The minimum Gasteiger partial charge on any atom is -0.465 e. The van der Waals surface area contributed by atoms with Gasteiger partial charge in [0.2, 0.25) is 0 Å². The topological polar surface area (TPSA) is 87.3 Å². The van der Waals surface area contributed by atoms with Gasteiger partial charge in [0, 0.05) is 24.9 Å². The minimum absolute atomic E-state index is 0.0923. The van der Waals surface area contributed by atoms with Crippen LogP contribution in [0.25, 0.3) is 5.69 Å². The van der Waals surface area contributed by atoms with Crippen LogP contribution in [0.5, 0.6) is 0 Å². The van der Waals surface area contributed by atoms with Gasteiger partial charge < -0.3 is 4.74 Å². The van der Waals surface area contributed by atoms with Gasteiger partial charge in [-0.3, -0.25) is 14.7 Å². The van der Waals surface area contributed by atoms with Gasteiger partial charge in [-0.25, -0.2) is 9.78 Å². The maximum Gasteiger partial charge on any atom is 0.337 e. The number of ether oxygens (including phenoxy) is 1. The molecular formula is C13H13N3O4. The van der Waals surface area contributed by atoms with Crippen molar-refractivity contribution < 1.29 is 14.5 Å². The maximum absolute atomic E-state index is 11.6. The average Bonchev–Trinajstić information content (AvgIpc) is 2.93. The lowest BCUT2D eigenvalue weighted by molar-refractivity contribution is -0.384. The van der Waals surface area contributed by atoms with Gasteiger partial charge in [-0.2, -0.15) is 0 Å². The lowest BCUT2D eigenvalue weighted by atomic mass is 10.1. The molecule has 0 saturated carbocycles. The van der Waals surface area contributed by atoms with E-state index in [4.69, 9.17) is 0 Å². The molecule has 20 heavy (non-hydrogen) atoms. The Hall–Kier alpha value is -2.70. The summed E-state index contributed by atoms with van der Waals surface area (Å²) in [6.07, 6.45) is 3.81. The fraction of sp³-hybridized carbons (Fsp3) is 0.231. The number of nitro benzene ring substituents is 1. The molecule has 0 atom stereocenters. The van der Waals surface area contributed by atoms with Crippen LogP contribution in [0.1, 0.15) is 23.1 Å². The standard InChI is InChI=1S/C13H13N3O4/c1-3-12-14-6-7-15(12)11-8-9(13(17)20-2)4-5-10(11)16(18)19/h4-8H,3H2,1-2H3. The summed E-state index contributed by atoms with van der Waals surface area (Å²) in [7, 11) is 1.26. The molecule has 2 aromatic rings. The Morgan fingerprint density at radius 2 is 2.25 bits per heavy atom. The molecule has 0 aliphatic heterocycles. The van der Waals surface area contributed by atoms with Crippen LogP contribution in [0, 0.1) is 10.1 Å². The van der Waals surface area contributed by atoms with E-state index >= 15 is 0 Å². The van der Waals surface area contributed by atoms with Crippen LogP contribution in [0.15, 0.2) is 30.6 Å². The fourth-order valence-electron chi connectivity index (χ4n) is 1.93. The number of hydrogen-bond acceptors (Lipinski definition) is 5. The van der Waals surface area contributed by atoms with Crippen molar-refractivity contribution in [1.29, 1.82) is 0 Å². The molecule has 7 heteroatoms. The van der Waals surface area contributed by atoms with Crippen molar-refractivity contribution in [2.75, 3.05) is 7.11 Å². The quantitative estimate of drug-likeness (QED) is 0.484. The van der Waals surface area contributed by atoms with Crippen molar-refractivity contribution >= 4 is 11.7 Å². The van der Waals surface area contributed by atoms with Gasteiger partial charge in [-0.15, -0.1) is 0 Å². The predicted molar refractivity (Wildman–Crippen MR) is 70.9 cm³/mol. The Balaban J connectivity index is 2.64. The SMILES string of the molecule is CCc1nccn1-c1cc(C(=O)OC)ccc1[N+](=O)[O-]. The van der Waals surface area contributed by atoms with Crippen molar-refractivity contribution in [3.8, 4) is 5.69 Å². The van der Waals surface area contributed by atoms with Crippen LogP contribution in [-0.4, -0.2) is 27.6 Å². The number of imidazole rings is 1. The molecule has 0 aliphatic rings. The third-order valence-corrected chi connectivity index (χ3v) is 2.89. The van der Waals surface area contributed by atoms with Crippen molar-refractivity contribution in [1.82, 2.24) is 9.55 Å². The number of carbonyl (C=O) groups is 1. The normalized spacial score (nSPS) is 10.3. The minimum atomic E-state index is -0.542. The third kappa shape index (κ3) is 2.37. The van der Waals surface area contributed by atoms with Crippen molar-refractivity contribution in [2.45, 2.75) is 13.3 Å². The Labute approximate surface area is 115 Å². The highest BCUT2D eigenvalue weighted by molar-refractivity contribution is 5.90. The fourth-order valence-corrected chi connectivity index (χ4v) is 1.93.